The summed E-state index contributed by atoms with van der Waals surface area (Å²) >= 11 is 0. The first-order valence-electron chi connectivity index (χ1n) is 10.7. The minimum Gasteiger partial charge on any atom is -0.376 e. The molecule has 2 aromatic rings. The Balaban J connectivity index is 1.22. The average molecular weight is 415 g/mol. The smallest absolute Gasteiger partial charge is 0.222 e. The molecule has 9 nitrogen and oxygen atoms in total. The third-order valence-electron chi connectivity index (χ3n) is 5.73. The van der Waals surface area contributed by atoms with Crippen LogP contribution in [0.3, 0.4) is 0 Å². The number of amides is 1. The third-order valence-corrected chi connectivity index (χ3v) is 5.73. The van der Waals surface area contributed by atoms with Crippen LogP contribution in [-0.2, 0) is 40.3 Å². The second-order valence-electron chi connectivity index (χ2n) is 7.99. The van der Waals surface area contributed by atoms with Gasteiger partial charge in [-0.1, -0.05) is 24.3 Å². The molecule has 4 rings (SSSR count). The molecule has 0 saturated carbocycles. The Hall–Kier alpha value is -2.36. The van der Waals surface area contributed by atoms with Gasteiger partial charge in [0.1, 0.15) is 0 Å². The van der Waals surface area contributed by atoms with Gasteiger partial charge in [-0.15, -0.1) is 5.10 Å². The number of nitrogens with zero attached hydrogens (tertiary/aromatic N) is 6. The van der Waals surface area contributed by atoms with E-state index in [2.05, 4.69) is 44.7 Å². The number of hydrogen-bond acceptors (Lipinski definition) is 7. The van der Waals surface area contributed by atoms with E-state index in [1.54, 1.807) is 4.90 Å². The molecule has 162 valence electrons. The number of benzene rings is 1. The number of fused-ring (bicyclic) bond motifs is 1. The van der Waals surface area contributed by atoms with Gasteiger partial charge in [0, 0.05) is 39.6 Å². The van der Waals surface area contributed by atoms with Gasteiger partial charge in [0.25, 0.3) is 0 Å². The van der Waals surface area contributed by atoms with Crippen LogP contribution in [0.15, 0.2) is 24.3 Å². The minimum absolute atomic E-state index is 0.0338. The van der Waals surface area contributed by atoms with Gasteiger partial charge in [-0.25, -0.2) is 4.68 Å². The normalized spacial score (nSPS) is 19.4. The summed E-state index contributed by atoms with van der Waals surface area (Å²) in [6.07, 6.45) is 2.18. The van der Waals surface area contributed by atoms with Crippen LogP contribution in [0.1, 0.15) is 29.8 Å². The molecule has 0 aliphatic carbocycles. The van der Waals surface area contributed by atoms with Crippen molar-refractivity contribution in [1.29, 1.82) is 0 Å². The highest BCUT2D eigenvalue weighted by Gasteiger charge is 2.20. The first kappa shape index (κ1) is 20.9. The van der Waals surface area contributed by atoms with Crippen LogP contribution >= 0.6 is 0 Å². The molecule has 2 aliphatic rings. The quantitative estimate of drug-likeness (QED) is 0.634. The lowest BCUT2D eigenvalue weighted by Gasteiger charge is -2.28. The molecule has 1 aromatic heterocycles. The van der Waals surface area contributed by atoms with E-state index >= 15 is 0 Å². The average Bonchev–Trinajstić information content (AvgIpc) is 3.21. The van der Waals surface area contributed by atoms with Gasteiger partial charge in [0.05, 0.1) is 32.5 Å². The molecule has 0 spiro atoms. The van der Waals surface area contributed by atoms with Crippen LogP contribution in [0, 0.1) is 0 Å². The fourth-order valence-corrected chi connectivity index (χ4v) is 4.02. The van der Waals surface area contributed by atoms with Gasteiger partial charge in [-0.05, 0) is 34.4 Å². The van der Waals surface area contributed by atoms with Gasteiger partial charge in [0.2, 0.25) is 5.91 Å². The standard InChI is InChI=1S/C21H30N6O3/c1-25(14-19-16-29-11-12-30-19)21(28)7-4-9-27-20(22-23-24-27)15-26-10-8-17-5-2-3-6-18(17)13-26/h2-3,5-6,19H,4,7-16H2,1H3. The minimum atomic E-state index is -0.0338. The Labute approximate surface area is 176 Å². The SMILES string of the molecule is CN(CC1COCCO1)C(=O)CCCn1nnnc1CN1CCc2ccccc2C1. The summed E-state index contributed by atoms with van der Waals surface area (Å²) in [5.74, 6) is 0.953. The van der Waals surface area contributed by atoms with E-state index in [0.717, 1.165) is 25.3 Å². The number of tetrazole rings is 1. The lowest BCUT2D eigenvalue weighted by atomic mass is 10.00. The van der Waals surface area contributed by atoms with Crippen LogP contribution in [0.25, 0.3) is 0 Å². The predicted octanol–water partition coefficient (Wildman–Crippen LogP) is 0.885. The zero-order valence-corrected chi connectivity index (χ0v) is 17.6. The molecule has 1 saturated heterocycles. The van der Waals surface area contributed by atoms with Crippen molar-refractivity contribution in [3.63, 3.8) is 0 Å². The Morgan fingerprint density at radius 3 is 2.97 bits per heavy atom. The number of carbonyl (C=O) groups is 1. The molecule has 3 heterocycles. The van der Waals surface area contributed by atoms with E-state index in [1.807, 2.05) is 11.7 Å². The van der Waals surface area contributed by atoms with Gasteiger partial charge >= 0.3 is 0 Å². The highest BCUT2D eigenvalue weighted by atomic mass is 16.6. The maximum atomic E-state index is 12.4. The van der Waals surface area contributed by atoms with E-state index in [0.29, 0.717) is 52.3 Å². The van der Waals surface area contributed by atoms with E-state index in [1.165, 1.54) is 11.1 Å². The molecule has 1 atom stereocenters. The van der Waals surface area contributed by atoms with Crippen LogP contribution in [0.4, 0.5) is 0 Å². The second kappa shape index (κ2) is 10.1. The largest absolute Gasteiger partial charge is 0.376 e. The molecule has 30 heavy (non-hydrogen) atoms. The molecule has 2 aliphatic heterocycles. The van der Waals surface area contributed by atoms with Crippen molar-refractivity contribution in [1.82, 2.24) is 30.0 Å². The summed E-state index contributed by atoms with van der Waals surface area (Å²) in [6, 6.07) is 8.59. The predicted molar refractivity (Wildman–Crippen MR) is 110 cm³/mol. The van der Waals surface area contributed by atoms with Crippen molar-refractivity contribution in [2.75, 3.05) is 40.0 Å². The monoisotopic (exact) mass is 414 g/mol. The van der Waals surface area contributed by atoms with E-state index < -0.39 is 0 Å². The maximum Gasteiger partial charge on any atom is 0.222 e. The Morgan fingerprint density at radius 1 is 1.27 bits per heavy atom. The van der Waals surface area contributed by atoms with Gasteiger partial charge in [-0.2, -0.15) is 0 Å². The Kier molecular flexibility index (Phi) is 7.03. The zero-order valence-electron chi connectivity index (χ0n) is 17.6. The van der Waals surface area contributed by atoms with E-state index in [4.69, 9.17) is 9.47 Å². The van der Waals surface area contributed by atoms with Crippen molar-refractivity contribution in [3.8, 4) is 0 Å². The first-order valence-corrected chi connectivity index (χ1v) is 10.7. The zero-order chi connectivity index (χ0) is 20.8. The van der Waals surface area contributed by atoms with E-state index in [9.17, 15) is 4.79 Å². The number of aryl methyl sites for hydroxylation is 1. The molecule has 9 heteroatoms. The summed E-state index contributed by atoms with van der Waals surface area (Å²) in [6.45, 7) is 5.60. The van der Waals surface area contributed by atoms with Crippen LogP contribution in [0.2, 0.25) is 0 Å². The Bertz CT molecular complexity index is 836. The lowest BCUT2D eigenvalue weighted by molar-refractivity contribution is -0.136. The molecule has 0 radical (unpaired) electrons. The molecular formula is C21H30N6O3. The van der Waals surface area contributed by atoms with Crippen LogP contribution in [-0.4, -0.2) is 82.0 Å². The number of ether oxygens (including phenoxy) is 2. The lowest BCUT2D eigenvalue weighted by Crippen LogP contribution is -2.40. The van der Waals surface area contributed by atoms with Crippen molar-refractivity contribution in [2.45, 2.75) is 45.0 Å². The van der Waals surface area contributed by atoms with Crippen molar-refractivity contribution in [2.24, 2.45) is 0 Å². The number of likely N-dealkylation sites (N-methyl/N-ethyl adjacent to an activating group) is 1. The van der Waals surface area contributed by atoms with Crippen molar-refractivity contribution in [3.05, 3.63) is 41.2 Å². The second-order valence-corrected chi connectivity index (χ2v) is 7.99. The summed E-state index contributed by atoms with van der Waals surface area (Å²) < 4.78 is 12.8. The summed E-state index contributed by atoms with van der Waals surface area (Å²) in [7, 11) is 1.82. The topological polar surface area (TPSA) is 85.6 Å². The number of carbonyl (C=O) groups excluding carboxylic acids is 1. The molecule has 0 bridgehead atoms. The fraction of sp³-hybridized carbons (Fsp3) is 0.619. The summed E-state index contributed by atoms with van der Waals surface area (Å²) in [4.78, 5) is 16.5. The number of rotatable bonds is 8. The third kappa shape index (κ3) is 5.41. The molecule has 0 N–H and O–H groups in total. The first-order chi connectivity index (χ1) is 14.7. The Morgan fingerprint density at radius 2 is 2.13 bits per heavy atom. The van der Waals surface area contributed by atoms with Crippen LogP contribution < -0.4 is 0 Å². The highest BCUT2D eigenvalue weighted by Crippen LogP contribution is 2.19. The molecule has 1 fully saturated rings. The van der Waals surface area contributed by atoms with Gasteiger partial charge in [-0.3, -0.25) is 9.69 Å². The fourth-order valence-electron chi connectivity index (χ4n) is 4.02. The van der Waals surface area contributed by atoms with Gasteiger partial charge < -0.3 is 14.4 Å². The molecular weight excluding hydrogens is 384 g/mol. The summed E-state index contributed by atoms with van der Waals surface area (Å²) in [5, 5.41) is 12.2. The molecule has 1 aromatic carbocycles. The van der Waals surface area contributed by atoms with Crippen LogP contribution in [0.5, 0.6) is 0 Å². The molecule has 1 unspecified atom stereocenters. The number of aromatic nitrogens is 4. The van der Waals surface area contributed by atoms with Crippen molar-refractivity contribution < 1.29 is 14.3 Å². The molecule has 1 amide bonds. The number of hydrogen-bond donors (Lipinski definition) is 0. The highest BCUT2D eigenvalue weighted by molar-refractivity contribution is 5.75. The summed E-state index contributed by atoms with van der Waals surface area (Å²) in [5.41, 5.74) is 2.81. The van der Waals surface area contributed by atoms with E-state index in [-0.39, 0.29) is 12.0 Å². The maximum absolute atomic E-state index is 12.4. The van der Waals surface area contributed by atoms with Crippen molar-refractivity contribution >= 4 is 5.91 Å². The van der Waals surface area contributed by atoms with Gasteiger partial charge in [0.15, 0.2) is 5.82 Å².